The maximum absolute atomic E-state index is 12.5. The van der Waals surface area contributed by atoms with Gasteiger partial charge >= 0.3 is 0 Å². The highest BCUT2D eigenvalue weighted by atomic mass is 32.2. The maximum atomic E-state index is 12.5. The summed E-state index contributed by atoms with van der Waals surface area (Å²) in [7, 11) is -3.50. The number of hydrogen-bond donors (Lipinski definition) is 1. The number of primary amides is 1. The molecule has 2 fully saturated rings. The lowest BCUT2D eigenvalue weighted by Gasteiger charge is -2.46. The topological polar surface area (TPSA) is 108 Å². The van der Waals surface area contributed by atoms with Gasteiger partial charge in [-0.3, -0.25) is 9.69 Å². The molecule has 0 unspecified atom stereocenters. The Balaban J connectivity index is 1.58. The average molecular weight is 348 g/mol. The van der Waals surface area contributed by atoms with Crippen LogP contribution in [-0.4, -0.2) is 55.8 Å². The van der Waals surface area contributed by atoms with E-state index in [0.717, 1.165) is 25.9 Å². The molecule has 0 saturated carbocycles. The number of nitrogens with two attached hydrogens (primary N) is 1. The smallest absolute Gasteiger partial charge is 0.243 e. The fourth-order valence-corrected chi connectivity index (χ4v) is 4.76. The number of piperidine rings is 1. The van der Waals surface area contributed by atoms with Gasteiger partial charge in [-0.05, 0) is 50.2 Å². The second-order valence-corrected chi connectivity index (χ2v) is 8.26. The van der Waals surface area contributed by atoms with Gasteiger partial charge in [0.25, 0.3) is 0 Å². The van der Waals surface area contributed by atoms with Gasteiger partial charge in [-0.2, -0.15) is 9.57 Å². The van der Waals surface area contributed by atoms with Gasteiger partial charge in [-0.1, -0.05) is 0 Å². The number of nitrogens with zero attached hydrogens (tertiary/aromatic N) is 3. The monoisotopic (exact) mass is 348 g/mol. The van der Waals surface area contributed by atoms with Crippen LogP contribution in [0.4, 0.5) is 0 Å². The van der Waals surface area contributed by atoms with Gasteiger partial charge in [-0.15, -0.1) is 0 Å². The first-order valence-corrected chi connectivity index (χ1v) is 9.39. The molecule has 0 aromatic heterocycles. The number of carbonyl (C=O) groups is 1. The van der Waals surface area contributed by atoms with Crippen molar-refractivity contribution in [2.45, 2.75) is 23.8 Å². The Labute approximate surface area is 141 Å². The Hall–Kier alpha value is -1.95. The largest absolute Gasteiger partial charge is 0.369 e. The number of sulfonamides is 1. The molecule has 2 aliphatic heterocycles. The Bertz CT molecular complexity index is 756. The molecular weight excluding hydrogens is 328 g/mol. The summed E-state index contributed by atoms with van der Waals surface area (Å²) < 4.78 is 26.6. The number of hydrogen-bond acceptors (Lipinski definition) is 5. The molecule has 0 aliphatic carbocycles. The highest BCUT2D eigenvalue weighted by Gasteiger charge is 2.40. The molecule has 0 atom stereocenters. The number of nitriles is 1. The average Bonchev–Trinajstić information content (AvgIpc) is 2.54. The zero-order valence-electron chi connectivity index (χ0n) is 13.3. The molecule has 7 nitrogen and oxygen atoms in total. The van der Waals surface area contributed by atoms with Crippen LogP contribution in [0.25, 0.3) is 0 Å². The van der Waals surface area contributed by atoms with E-state index in [0.29, 0.717) is 18.7 Å². The van der Waals surface area contributed by atoms with Crippen LogP contribution in [0.5, 0.6) is 0 Å². The van der Waals surface area contributed by atoms with Crippen molar-refractivity contribution in [1.29, 1.82) is 5.26 Å². The number of benzene rings is 1. The first kappa shape index (κ1) is 16.9. The Kier molecular flexibility index (Phi) is 4.58. The van der Waals surface area contributed by atoms with Crippen LogP contribution in [0.3, 0.4) is 0 Å². The normalized spacial score (nSPS) is 21.1. The fraction of sp³-hybridized carbons (Fsp3) is 0.500. The van der Waals surface area contributed by atoms with Crippen molar-refractivity contribution < 1.29 is 13.2 Å². The summed E-state index contributed by atoms with van der Waals surface area (Å²) in [5, 5.41) is 8.79. The minimum Gasteiger partial charge on any atom is -0.369 e. The molecule has 24 heavy (non-hydrogen) atoms. The molecule has 0 radical (unpaired) electrons. The van der Waals surface area contributed by atoms with Gasteiger partial charge in [0.2, 0.25) is 15.9 Å². The van der Waals surface area contributed by atoms with Crippen LogP contribution in [-0.2, 0) is 14.8 Å². The van der Waals surface area contributed by atoms with Crippen LogP contribution in [0.2, 0.25) is 0 Å². The molecule has 8 heteroatoms. The highest BCUT2D eigenvalue weighted by molar-refractivity contribution is 7.89. The van der Waals surface area contributed by atoms with Crippen molar-refractivity contribution in [3.8, 4) is 6.07 Å². The Morgan fingerprint density at radius 1 is 1.17 bits per heavy atom. The molecule has 2 N–H and O–H groups in total. The van der Waals surface area contributed by atoms with Gasteiger partial charge in [0.15, 0.2) is 0 Å². The van der Waals surface area contributed by atoms with Crippen molar-refractivity contribution in [3.63, 3.8) is 0 Å². The molecule has 1 amide bonds. The summed E-state index contributed by atoms with van der Waals surface area (Å²) >= 11 is 0. The van der Waals surface area contributed by atoms with E-state index in [1.165, 1.54) is 28.6 Å². The zero-order chi connectivity index (χ0) is 17.3. The lowest BCUT2D eigenvalue weighted by molar-refractivity contribution is -0.123. The molecule has 1 aromatic rings. The lowest BCUT2D eigenvalue weighted by atomic mass is 9.94. The molecule has 2 aliphatic rings. The summed E-state index contributed by atoms with van der Waals surface area (Å²) in [6.07, 6.45) is 1.49. The van der Waals surface area contributed by atoms with E-state index in [1.54, 1.807) is 0 Å². The van der Waals surface area contributed by atoms with Crippen molar-refractivity contribution in [2.24, 2.45) is 11.7 Å². The van der Waals surface area contributed by atoms with Gasteiger partial charge in [0.1, 0.15) is 0 Å². The number of likely N-dealkylation sites (tertiary alicyclic amines) is 1. The molecule has 0 bridgehead atoms. The van der Waals surface area contributed by atoms with Crippen molar-refractivity contribution in [2.75, 3.05) is 26.2 Å². The van der Waals surface area contributed by atoms with Gasteiger partial charge < -0.3 is 5.73 Å². The van der Waals surface area contributed by atoms with E-state index in [9.17, 15) is 13.2 Å². The second kappa shape index (κ2) is 6.51. The predicted octanol–water partition coefficient (Wildman–Crippen LogP) is 0.128. The zero-order valence-corrected chi connectivity index (χ0v) is 14.1. The van der Waals surface area contributed by atoms with Gasteiger partial charge in [0.05, 0.1) is 16.5 Å². The second-order valence-electron chi connectivity index (χ2n) is 6.32. The number of rotatable bonds is 4. The summed E-state index contributed by atoms with van der Waals surface area (Å²) in [5.41, 5.74) is 5.77. The van der Waals surface area contributed by atoms with E-state index in [2.05, 4.69) is 4.90 Å². The summed E-state index contributed by atoms with van der Waals surface area (Å²) in [4.78, 5) is 13.7. The third kappa shape index (κ3) is 3.15. The minimum atomic E-state index is -3.50. The maximum Gasteiger partial charge on any atom is 0.243 e. The standard InChI is InChI=1S/C16H20N4O3S/c17-9-12-1-3-15(4-2-12)24(22,23)20-10-14(11-20)19-7-5-13(6-8-19)16(18)21/h1-4,13-14H,5-8,10-11H2,(H2,18,21). The molecule has 3 rings (SSSR count). The quantitative estimate of drug-likeness (QED) is 0.832. The molecule has 0 spiro atoms. The SMILES string of the molecule is N#Cc1ccc(S(=O)(=O)N2CC(N3CCC(C(N)=O)CC3)C2)cc1. The van der Waals surface area contributed by atoms with Crippen LogP contribution >= 0.6 is 0 Å². The third-order valence-corrected chi connectivity index (χ3v) is 6.74. The number of carbonyl (C=O) groups excluding carboxylic acids is 1. The van der Waals surface area contributed by atoms with Crippen LogP contribution in [0.15, 0.2) is 29.2 Å². The lowest BCUT2D eigenvalue weighted by Crippen LogP contribution is -2.62. The minimum absolute atomic E-state index is 0.0557. The van der Waals surface area contributed by atoms with Gasteiger partial charge in [0, 0.05) is 25.0 Å². The van der Waals surface area contributed by atoms with E-state index < -0.39 is 10.0 Å². The fourth-order valence-electron chi connectivity index (χ4n) is 3.24. The summed E-state index contributed by atoms with van der Waals surface area (Å²) in [6.45, 7) is 2.49. The molecule has 128 valence electrons. The van der Waals surface area contributed by atoms with E-state index in [4.69, 9.17) is 11.0 Å². The molecule has 2 saturated heterocycles. The summed E-state index contributed by atoms with van der Waals surface area (Å²) in [5.74, 6) is -0.298. The van der Waals surface area contributed by atoms with Crippen molar-refractivity contribution in [3.05, 3.63) is 29.8 Å². The molecule has 1 aromatic carbocycles. The van der Waals surface area contributed by atoms with Crippen LogP contribution in [0.1, 0.15) is 18.4 Å². The van der Waals surface area contributed by atoms with Gasteiger partial charge in [-0.25, -0.2) is 8.42 Å². The first-order chi connectivity index (χ1) is 11.4. The molecule has 2 heterocycles. The summed E-state index contributed by atoms with van der Waals surface area (Å²) in [6, 6.07) is 8.15. The van der Waals surface area contributed by atoms with E-state index in [-0.39, 0.29) is 22.8 Å². The predicted molar refractivity (Wildman–Crippen MR) is 87.2 cm³/mol. The van der Waals surface area contributed by atoms with Crippen molar-refractivity contribution in [1.82, 2.24) is 9.21 Å². The highest BCUT2D eigenvalue weighted by Crippen LogP contribution is 2.27. The Morgan fingerprint density at radius 2 is 1.75 bits per heavy atom. The third-order valence-electron chi connectivity index (χ3n) is 4.90. The first-order valence-electron chi connectivity index (χ1n) is 7.95. The van der Waals surface area contributed by atoms with E-state index in [1.807, 2.05) is 6.07 Å². The van der Waals surface area contributed by atoms with Crippen molar-refractivity contribution >= 4 is 15.9 Å². The Morgan fingerprint density at radius 3 is 2.25 bits per heavy atom. The van der Waals surface area contributed by atoms with E-state index >= 15 is 0 Å². The van der Waals surface area contributed by atoms with Crippen LogP contribution in [0, 0.1) is 17.2 Å². The van der Waals surface area contributed by atoms with Crippen LogP contribution < -0.4 is 5.73 Å². The number of amides is 1. The molecular formula is C16H20N4O3S.